The monoisotopic (exact) mass is 257 g/mol. The van der Waals surface area contributed by atoms with Crippen LogP contribution in [0.15, 0.2) is 6.07 Å². The van der Waals surface area contributed by atoms with Crippen LogP contribution in [0.3, 0.4) is 0 Å². The normalized spacial score (nSPS) is 10.9. The lowest BCUT2D eigenvalue weighted by molar-refractivity contribution is 0.283. The van der Waals surface area contributed by atoms with E-state index in [-0.39, 0.29) is 12.5 Å². The van der Waals surface area contributed by atoms with E-state index < -0.39 is 0 Å². The predicted molar refractivity (Wildman–Crippen MR) is 70.6 cm³/mol. The van der Waals surface area contributed by atoms with Gasteiger partial charge in [-0.05, 0) is 19.3 Å². The largest absolute Gasteiger partial charge is 0.396 e. The van der Waals surface area contributed by atoms with Gasteiger partial charge in [0, 0.05) is 25.1 Å². The molecular formula is C12H20ClN3O. The zero-order valence-electron chi connectivity index (χ0n) is 10.4. The highest BCUT2D eigenvalue weighted by Gasteiger charge is 2.06. The SMILES string of the molecule is CC(C)c1nc(Cl)cc(NCCCCCO)n1. The number of unbranched alkanes of at least 4 members (excludes halogenated alkanes) is 2. The highest BCUT2D eigenvalue weighted by Crippen LogP contribution is 2.16. The Morgan fingerprint density at radius 1 is 1.29 bits per heavy atom. The molecule has 0 bridgehead atoms. The molecule has 0 amide bonds. The molecule has 1 heterocycles. The van der Waals surface area contributed by atoms with Crippen molar-refractivity contribution in [2.45, 2.75) is 39.0 Å². The van der Waals surface area contributed by atoms with Gasteiger partial charge in [0.05, 0.1) is 0 Å². The lowest BCUT2D eigenvalue weighted by Crippen LogP contribution is -2.07. The Balaban J connectivity index is 2.47. The van der Waals surface area contributed by atoms with Gasteiger partial charge in [-0.15, -0.1) is 0 Å². The summed E-state index contributed by atoms with van der Waals surface area (Å²) in [6, 6.07) is 1.74. The maximum atomic E-state index is 8.66. The molecule has 0 aliphatic heterocycles. The van der Waals surface area contributed by atoms with Gasteiger partial charge in [0.15, 0.2) is 0 Å². The molecule has 0 atom stereocenters. The maximum Gasteiger partial charge on any atom is 0.135 e. The van der Waals surface area contributed by atoms with Gasteiger partial charge in [-0.3, -0.25) is 0 Å². The highest BCUT2D eigenvalue weighted by atomic mass is 35.5. The van der Waals surface area contributed by atoms with E-state index in [1.54, 1.807) is 6.07 Å². The lowest BCUT2D eigenvalue weighted by atomic mass is 10.2. The summed E-state index contributed by atoms with van der Waals surface area (Å²) >= 11 is 5.93. The summed E-state index contributed by atoms with van der Waals surface area (Å²) in [6.07, 6.45) is 2.88. The quantitative estimate of drug-likeness (QED) is 0.583. The van der Waals surface area contributed by atoms with Gasteiger partial charge in [0.25, 0.3) is 0 Å². The molecule has 0 aliphatic carbocycles. The number of nitrogens with zero attached hydrogens (tertiary/aromatic N) is 2. The number of aromatic nitrogens is 2. The van der Waals surface area contributed by atoms with Gasteiger partial charge in [-0.1, -0.05) is 25.4 Å². The summed E-state index contributed by atoms with van der Waals surface area (Å²) in [5, 5.41) is 12.4. The van der Waals surface area contributed by atoms with E-state index in [0.717, 1.165) is 37.4 Å². The van der Waals surface area contributed by atoms with Gasteiger partial charge >= 0.3 is 0 Å². The molecule has 0 aromatic carbocycles. The summed E-state index contributed by atoms with van der Waals surface area (Å²) < 4.78 is 0. The summed E-state index contributed by atoms with van der Waals surface area (Å²) in [4.78, 5) is 8.57. The minimum absolute atomic E-state index is 0.261. The molecule has 2 N–H and O–H groups in total. The molecule has 17 heavy (non-hydrogen) atoms. The number of nitrogens with one attached hydrogen (secondary N) is 1. The topological polar surface area (TPSA) is 58.0 Å². The molecule has 0 saturated heterocycles. The third-order valence-corrected chi connectivity index (χ3v) is 2.56. The van der Waals surface area contributed by atoms with E-state index in [4.69, 9.17) is 16.7 Å². The smallest absolute Gasteiger partial charge is 0.135 e. The van der Waals surface area contributed by atoms with Crippen molar-refractivity contribution < 1.29 is 5.11 Å². The Bertz CT molecular complexity index is 345. The van der Waals surface area contributed by atoms with E-state index >= 15 is 0 Å². The first-order valence-corrected chi connectivity index (χ1v) is 6.40. The summed E-state index contributed by atoms with van der Waals surface area (Å²) in [5.41, 5.74) is 0. The minimum atomic E-state index is 0.261. The number of anilines is 1. The number of halogens is 1. The van der Waals surface area contributed by atoms with Gasteiger partial charge < -0.3 is 10.4 Å². The molecule has 4 nitrogen and oxygen atoms in total. The highest BCUT2D eigenvalue weighted by molar-refractivity contribution is 6.29. The van der Waals surface area contributed by atoms with Crippen LogP contribution in [-0.2, 0) is 0 Å². The number of hydrogen-bond acceptors (Lipinski definition) is 4. The van der Waals surface area contributed by atoms with E-state index in [2.05, 4.69) is 15.3 Å². The van der Waals surface area contributed by atoms with Crippen molar-refractivity contribution in [1.29, 1.82) is 0 Å². The average Bonchev–Trinajstić information content (AvgIpc) is 2.28. The van der Waals surface area contributed by atoms with Crippen LogP contribution in [-0.4, -0.2) is 28.2 Å². The van der Waals surface area contributed by atoms with Crippen LogP contribution >= 0.6 is 11.6 Å². The van der Waals surface area contributed by atoms with Crippen molar-refractivity contribution in [2.75, 3.05) is 18.5 Å². The third-order valence-electron chi connectivity index (χ3n) is 2.37. The van der Waals surface area contributed by atoms with Crippen LogP contribution in [0, 0.1) is 0 Å². The van der Waals surface area contributed by atoms with E-state index in [1.807, 2.05) is 13.8 Å². The van der Waals surface area contributed by atoms with Crippen LogP contribution in [0.25, 0.3) is 0 Å². The van der Waals surface area contributed by atoms with Crippen molar-refractivity contribution >= 4 is 17.4 Å². The summed E-state index contributed by atoms with van der Waals surface area (Å²) in [7, 11) is 0. The standard InChI is InChI=1S/C12H20ClN3O/c1-9(2)12-15-10(13)8-11(16-12)14-6-4-3-5-7-17/h8-9,17H,3-7H2,1-2H3,(H,14,15,16). The van der Waals surface area contributed by atoms with Crippen LogP contribution in [0.5, 0.6) is 0 Å². The number of rotatable bonds is 7. The number of aliphatic hydroxyl groups excluding tert-OH is 1. The fourth-order valence-electron chi connectivity index (χ4n) is 1.41. The Kier molecular flexibility index (Phi) is 6.22. The molecule has 0 aliphatic rings. The van der Waals surface area contributed by atoms with Crippen molar-refractivity contribution in [2.24, 2.45) is 0 Å². The molecule has 5 heteroatoms. The van der Waals surface area contributed by atoms with Crippen LogP contribution in [0.4, 0.5) is 5.82 Å². The minimum Gasteiger partial charge on any atom is -0.396 e. The first kappa shape index (κ1) is 14.2. The van der Waals surface area contributed by atoms with Gasteiger partial charge in [0.1, 0.15) is 16.8 Å². The molecule has 1 aromatic rings. The van der Waals surface area contributed by atoms with Gasteiger partial charge in [-0.2, -0.15) is 0 Å². The molecule has 0 radical (unpaired) electrons. The van der Waals surface area contributed by atoms with E-state index in [1.165, 1.54) is 0 Å². The van der Waals surface area contributed by atoms with Crippen LogP contribution < -0.4 is 5.32 Å². The fraction of sp³-hybridized carbons (Fsp3) is 0.667. The zero-order chi connectivity index (χ0) is 12.7. The number of aliphatic hydroxyl groups is 1. The van der Waals surface area contributed by atoms with Crippen molar-refractivity contribution in [3.8, 4) is 0 Å². The van der Waals surface area contributed by atoms with E-state index in [0.29, 0.717) is 5.15 Å². The molecule has 1 aromatic heterocycles. The summed E-state index contributed by atoms with van der Waals surface area (Å²) in [5.74, 6) is 1.80. The number of hydrogen-bond donors (Lipinski definition) is 2. The maximum absolute atomic E-state index is 8.66. The van der Waals surface area contributed by atoms with Crippen molar-refractivity contribution in [3.63, 3.8) is 0 Å². The van der Waals surface area contributed by atoms with E-state index in [9.17, 15) is 0 Å². The molecular weight excluding hydrogens is 238 g/mol. The first-order chi connectivity index (χ1) is 8.13. The van der Waals surface area contributed by atoms with Crippen LogP contribution in [0.2, 0.25) is 5.15 Å². The Labute approximate surface area is 107 Å². The second-order valence-corrected chi connectivity index (χ2v) is 4.69. The van der Waals surface area contributed by atoms with Gasteiger partial charge in [-0.25, -0.2) is 9.97 Å². The second kappa shape index (κ2) is 7.45. The third kappa shape index (κ3) is 5.33. The van der Waals surface area contributed by atoms with Crippen LogP contribution in [0.1, 0.15) is 44.9 Å². The second-order valence-electron chi connectivity index (χ2n) is 4.30. The molecule has 1 rings (SSSR count). The first-order valence-electron chi connectivity index (χ1n) is 6.02. The fourth-order valence-corrected chi connectivity index (χ4v) is 1.60. The van der Waals surface area contributed by atoms with Crippen molar-refractivity contribution in [3.05, 3.63) is 17.0 Å². The molecule has 0 saturated carbocycles. The summed E-state index contributed by atoms with van der Waals surface area (Å²) in [6.45, 7) is 5.18. The molecule has 96 valence electrons. The van der Waals surface area contributed by atoms with Crippen molar-refractivity contribution in [1.82, 2.24) is 9.97 Å². The Hall–Kier alpha value is -0.870. The van der Waals surface area contributed by atoms with Gasteiger partial charge in [0.2, 0.25) is 0 Å². The average molecular weight is 258 g/mol. The lowest BCUT2D eigenvalue weighted by Gasteiger charge is -2.09. The molecule has 0 fully saturated rings. The molecule has 0 spiro atoms. The predicted octanol–water partition coefficient (Wildman–Crippen LogP) is 2.83. The Morgan fingerprint density at radius 2 is 2.06 bits per heavy atom. The Morgan fingerprint density at radius 3 is 2.71 bits per heavy atom. The zero-order valence-corrected chi connectivity index (χ0v) is 11.2. The molecule has 0 unspecified atom stereocenters.